The van der Waals surface area contributed by atoms with Crippen LogP contribution >= 0.6 is 15.9 Å². The normalized spacial score (nSPS) is 10.8. The molecule has 0 aliphatic rings. The van der Waals surface area contributed by atoms with Crippen LogP contribution in [-0.2, 0) is 11.2 Å². The first-order valence-corrected chi connectivity index (χ1v) is 8.01. The number of methoxy groups -OCH3 is 2. The molecule has 2 rings (SSSR count). The molecule has 0 unspecified atom stereocenters. The second-order valence-corrected chi connectivity index (χ2v) is 6.05. The van der Waals surface area contributed by atoms with Gasteiger partial charge in [0.1, 0.15) is 5.75 Å². The number of ether oxygens (including phenoxy) is 2. The summed E-state index contributed by atoms with van der Waals surface area (Å²) in [4.78, 5) is 11.5. The third kappa shape index (κ3) is 4.70. The van der Waals surface area contributed by atoms with Gasteiger partial charge >= 0.3 is 5.97 Å². The molecule has 0 atom stereocenters. The van der Waals surface area contributed by atoms with E-state index in [1.807, 2.05) is 24.3 Å². The van der Waals surface area contributed by atoms with Crippen molar-refractivity contribution in [2.45, 2.75) is 13.3 Å². The molecule has 120 valence electrons. The van der Waals surface area contributed by atoms with Crippen molar-refractivity contribution in [1.29, 1.82) is 0 Å². The monoisotopic (exact) mass is 374 g/mol. The van der Waals surface area contributed by atoms with Gasteiger partial charge in [-0.1, -0.05) is 40.2 Å². The minimum absolute atomic E-state index is 0.340. The van der Waals surface area contributed by atoms with Crippen LogP contribution in [0.1, 0.15) is 27.0 Å². The van der Waals surface area contributed by atoms with E-state index < -0.39 is 0 Å². The van der Waals surface area contributed by atoms with Gasteiger partial charge in [0.15, 0.2) is 0 Å². The summed E-state index contributed by atoms with van der Waals surface area (Å²) < 4.78 is 10.9. The van der Waals surface area contributed by atoms with Gasteiger partial charge < -0.3 is 9.47 Å². The van der Waals surface area contributed by atoms with Gasteiger partial charge in [-0.3, -0.25) is 0 Å². The molecule has 0 saturated heterocycles. The van der Waals surface area contributed by atoms with Crippen molar-refractivity contribution in [2.24, 2.45) is 0 Å². The summed E-state index contributed by atoms with van der Waals surface area (Å²) >= 11 is 3.49. The first-order valence-electron chi connectivity index (χ1n) is 7.22. The Bertz CT molecular complexity index is 735. The van der Waals surface area contributed by atoms with E-state index >= 15 is 0 Å². The fraction of sp³-hybridized carbons (Fsp3) is 0.211. The molecule has 0 amide bonds. The molecule has 0 radical (unpaired) electrons. The van der Waals surface area contributed by atoms with Gasteiger partial charge in [0.05, 0.1) is 19.8 Å². The number of carbonyl (C=O) groups excluding carboxylic acids is 1. The summed E-state index contributed by atoms with van der Waals surface area (Å²) in [5.41, 5.74) is 3.91. The lowest BCUT2D eigenvalue weighted by Gasteiger charge is -2.05. The Morgan fingerprint density at radius 2 is 1.96 bits per heavy atom. The van der Waals surface area contributed by atoms with Crippen LogP contribution in [-0.4, -0.2) is 20.2 Å². The van der Waals surface area contributed by atoms with E-state index in [-0.39, 0.29) is 5.97 Å². The zero-order valence-electron chi connectivity index (χ0n) is 13.4. The molecule has 3 nitrogen and oxygen atoms in total. The average Bonchev–Trinajstić information content (AvgIpc) is 2.55. The summed E-state index contributed by atoms with van der Waals surface area (Å²) in [6.45, 7) is 2.05. The molecule has 0 spiro atoms. The van der Waals surface area contributed by atoms with Gasteiger partial charge in [0.2, 0.25) is 0 Å². The predicted molar refractivity (Wildman–Crippen MR) is 96.0 cm³/mol. The summed E-state index contributed by atoms with van der Waals surface area (Å²) in [7, 11) is 3.05. The van der Waals surface area contributed by atoms with Crippen LogP contribution in [0, 0.1) is 6.92 Å². The van der Waals surface area contributed by atoms with Gasteiger partial charge in [0.25, 0.3) is 0 Å². The largest absolute Gasteiger partial charge is 0.497 e. The number of rotatable bonds is 5. The van der Waals surface area contributed by atoms with Gasteiger partial charge in [0, 0.05) is 4.47 Å². The van der Waals surface area contributed by atoms with Crippen LogP contribution in [0.3, 0.4) is 0 Å². The highest BCUT2D eigenvalue weighted by Crippen LogP contribution is 2.22. The Kier molecular flexibility index (Phi) is 5.99. The molecule has 0 aliphatic carbocycles. The predicted octanol–water partition coefficient (Wildman–Crippen LogP) is 4.81. The molecule has 23 heavy (non-hydrogen) atoms. The highest BCUT2D eigenvalue weighted by molar-refractivity contribution is 9.10. The maximum atomic E-state index is 11.5. The lowest BCUT2D eigenvalue weighted by atomic mass is 10.1. The molecule has 0 bridgehead atoms. The Morgan fingerprint density at radius 3 is 2.61 bits per heavy atom. The highest BCUT2D eigenvalue weighted by atomic mass is 79.9. The van der Waals surface area contributed by atoms with Gasteiger partial charge in [-0.2, -0.15) is 0 Å². The standard InChI is InChI=1S/C19H19BrO3/c1-13-9-14(11-17(10-13)22-2)5-4-6-15-7-8-16(12-18(15)20)19(21)23-3/h4,6-12H,5H2,1-3H3. The lowest BCUT2D eigenvalue weighted by molar-refractivity contribution is 0.0600. The maximum absolute atomic E-state index is 11.5. The lowest BCUT2D eigenvalue weighted by Crippen LogP contribution is -2.00. The van der Waals surface area contributed by atoms with Crippen molar-refractivity contribution in [1.82, 2.24) is 0 Å². The fourth-order valence-electron chi connectivity index (χ4n) is 2.29. The fourth-order valence-corrected chi connectivity index (χ4v) is 2.80. The Hall–Kier alpha value is -2.07. The molecule has 0 aliphatic heterocycles. The number of hydrogen-bond acceptors (Lipinski definition) is 3. The van der Waals surface area contributed by atoms with Crippen LogP contribution in [0.5, 0.6) is 5.75 Å². The van der Waals surface area contributed by atoms with Crippen molar-refractivity contribution in [3.05, 3.63) is 69.2 Å². The third-order valence-electron chi connectivity index (χ3n) is 3.42. The smallest absolute Gasteiger partial charge is 0.337 e. The van der Waals surface area contributed by atoms with Crippen molar-refractivity contribution < 1.29 is 14.3 Å². The third-order valence-corrected chi connectivity index (χ3v) is 4.11. The number of carbonyl (C=O) groups is 1. The topological polar surface area (TPSA) is 35.5 Å². The van der Waals surface area contributed by atoms with Gasteiger partial charge in [-0.25, -0.2) is 4.79 Å². The number of esters is 1. The Balaban J connectivity index is 2.12. The molecule has 0 fully saturated rings. The number of halogens is 1. The SMILES string of the molecule is COC(=O)c1ccc(C=CCc2cc(C)cc(OC)c2)c(Br)c1. The average molecular weight is 375 g/mol. The molecular formula is C19H19BrO3. The van der Waals surface area contributed by atoms with E-state index in [1.165, 1.54) is 18.2 Å². The molecule has 0 saturated carbocycles. The maximum Gasteiger partial charge on any atom is 0.337 e. The molecule has 0 aromatic heterocycles. The molecule has 2 aromatic rings. The first-order chi connectivity index (χ1) is 11.0. The van der Waals surface area contributed by atoms with E-state index in [1.54, 1.807) is 19.2 Å². The van der Waals surface area contributed by atoms with E-state index in [4.69, 9.17) is 9.47 Å². The summed E-state index contributed by atoms with van der Waals surface area (Å²) in [5, 5.41) is 0. The van der Waals surface area contributed by atoms with E-state index in [9.17, 15) is 4.79 Å². The quantitative estimate of drug-likeness (QED) is 0.704. The number of allylic oxidation sites excluding steroid dienone is 1. The zero-order valence-corrected chi connectivity index (χ0v) is 15.0. The van der Waals surface area contributed by atoms with Crippen molar-refractivity contribution >= 4 is 28.0 Å². The molecule has 0 heterocycles. The van der Waals surface area contributed by atoms with Crippen LogP contribution in [0.25, 0.3) is 6.08 Å². The highest BCUT2D eigenvalue weighted by Gasteiger charge is 2.07. The molecule has 4 heteroatoms. The van der Waals surface area contributed by atoms with Gasteiger partial charge in [-0.05, 0) is 54.3 Å². The molecular weight excluding hydrogens is 356 g/mol. The second-order valence-electron chi connectivity index (χ2n) is 5.19. The summed E-state index contributed by atoms with van der Waals surface area (Å²) in [6.07, 6.45) is 4.93. The van der Waals surface area contributed by atoms with Crippen LogP contribution in [0.15, 0.2) is 46.9 Å². The van der Waals surface area contributed by atoms with Crippen molar-refractivity contribution in [3.8, 4) is 5.75 Å². The minimum Gasteiger partial charge on any atom is -0.497 e. The number of aryl methyl sites for hydroxylation is 1. The van der Waals surface area contributed by atoms with Crippen molar-refractivity contribution in [2.75, 3.05) is 14.2 Å². The van der Waals surface area contributed by atoms with Gasteiger partial charge in [-0.15, -0.1) is 0 Å². The number of hydrogen-bond donors (Lipinski definition) is 0. The Labute approximate surface area is 145 Å². The summed E-state index contributed by atoms with van der Waals surface area (Å²) in [5.74, 6) is 0.532. The second kappa shape index (κ2) is 7.97. The molecule has 2 aromatic carbocycles. The van der Waals surface area contributed by atoms with Crippen molar-refractivity contribution in [3.63, 3.8) is 0 Å². The van der Waals surface area contributed by atoms with Crippen LogP contribution in [0.4, 0.5) is 0 Å². The summed E-state index contributed by atoms with van der Waals surface area (Å²) in [6, 6.07) is 11.6. The first kappa shape index (κ1) is 17.3. The van der Waals surface area contributed by atoms with Crippen LogP contribution < -0.4 is 4.74 Å². The van der Waals surface area contributed by atoms with E-state index in [0.717, 1.165) is 22.2 Å². The Morgan fingerprint density at radius 1 is 1.17 bits per heavy atom. The molecule has 0 N–H and O–H groups in total. The number of benzene rings is 2. The minimum atomic E-state index is -0.340. The van der Waals surface area contributed by atoms with E-state index in [0.29, 0.717) is 5.56 Å². The zero-order chi connectivity index (χ0) is 16.8. The van der Waals surface area contributed by atoms with Crippen LogP contribution in [0.2, 0.25) is 0 Å². The van der Waals surface area contributed by atoms with E-state index in [2.05, 4.69) is 35.0 Å².